The molecule has 0 aliphatic carbocycles. The van der Waals surface area contributed by atoms with Crippen molar-refractivity contribution in [2.24, 2.45) is 0 Å². The van der Waals surface area contributed by atoms with Crippen molar-refractivity contribution in [3.05, 3.63) is 0 Å². The van der Waals surface area contributed by atoms with Crippen LogP contribution in [0, 0.1) is 0 Å². The molecule has 0 amide bonds. The molecule has 0 saturated heterocycles. The van der Waals surface area contributed by atoms with Gasteiger partial charge < -0.3 is 0 Å². The Labute approximate surface area is 61.7 Å². The maximum absolute atomic E-state index is 8.25. The topological polar surface area (TPSA) is 80.3 Å². The second kappa shape index (κ2) is 34.0. The van der Waals surface area contributed by atoms with Crippen LogP contribution in [0.4, 0.5) is 0 Å². The molecule has 7 heteroatoms. The molecule has 0 N–H and O–H groups in total. The van der Waals surface area contributed by atoms with Crippen LogP contribution in [0.15, 0.2) is 0 Å². The van der Waals surface area contributed by atoms with E-state index in [0.717, 1.165) is 0 Å². The third-order valence-electron chi connectivity index (χ3n) is 0. The normalized spacial score (nSPS) is 2.29. The Kier molecular flexibility index (Phi) is 76.2. The summed E-state index contributed by atoms with van der Waals surface area (Å²) in [6, 6.07) is 0. The van der Waals surface area contributed by atoms with Gasteiger partial charge in [0.15, 0.2) is 0 Å². The Bertz CT molecular complexity index is 30.7. The van der Waals surface area contributed by atoms with Crippen molar-refractivity contribution in [3.63, 3.8) is 0 Å². The van der Waals surface area contributed by atoms with Crippen molar-refractivity contribution < 1.29 is 46.8 Å². The van der Waals surface area contributed by atoms with Crippen molar-refractivity contribution in [1.29, 1.82) is 0 Å². The van der Waals surface area contributed by atoms with Crippen LogP contribution in [-0.2, 0) is 36.7 Å². The molecule has 32 valence electrons. The van der Waals surface area contributed by atoms with E-state index in [0.29, 0.717) is 0 Å². The fraction of sp³-hybridized carbons (Fsp3) is 0. The zero-order valence-electron chi connectivity index (χ0n) is 3.49. The van der Waals surface area contributed by atoms with Gasteiger partial charge in [-0.1, -0.05) is 0 Å². The number of hydrogen-bond donors (Lipinski definition) is 0. The standard InChI is InChI=1S/2BO2.Cd/c2*2-1-3;/q2*-1;+2. The molecule has 4 nitrogen and oxygen atoms in total. The minimum atomic E-state index is -0.500. The molecule has 0 unspecified atom stereocenters. The van der Waals surface area contributed by atoms with Gasteiger partial charge >= 0.3 is 61.5 Å². The van der Waals surface area contributed by atoms with Crippen LogP contribution >= 0.6 is 0 Å². The van der Waals surface area contributed by atoms with Crippen LogP contribution in [0.2, 0.25) is 0 Å². The Balaban J connectivity index is -0.0000000400. The maximum atomic E-state index is 8.25. The molecule has 0 aliphatic rings. The molecular weight excluding hydrogens is 198 g/mol. The largest absolute Gasteiger partial charge is 2.00 e. The molecule has 0 atom stereocenters. The molecule has 0 aromatic heterocycles. The van der Waals surface area contributed by atoms with Gasteiger partial charge in [0.2, 0.25) is 0 Å². The number of hydrogen-bond acceptors (Lipinski definition) is 4. The molecule has 0 bridgehead atoms. The van der Waals surface area contributed by atoms with E-state index in [4.69, 9.17) is 19.5 Å². The maximum Gasteiger partial charge on any atom is 2.00 e. The van der Waals surface area contributed by atoms with Crippen molar-refractivity contribution in [2.75, 3.05) is 0 Å². The summed E-state index contributed by atoms with van der Waals surface area (Å²) in [6.45, 7) is 0. The van der Waals surface area contributed by atoms with Crippen molar-refractivity contribution in [3.8, 4) is 0 Å². The molecule has 0 aromatic rings. The predicted octanol–water partition coefficient (Wildman–Crippen LogP) is -3.38. The molecule has 0 heterocycles. The van der Waals surface area contributed by atoms with Crippen LogP contribution in [0.1, 0.15) is 0 Å². The van der Waals surface area contributed by atoms with Crippen LogP contribution < -0.4 is 10.0 Å². The number of rotatable bonds is 0. The zero-order chi connectivity index (χ0) is 5.41. The Morgan fingerprint density at radius 3 is 1.00 bits per heavy atom. The summed E-state index contributed by atoms with van der Waals surface area (Å²) in [5.74, 6) is 0. The van der Waals surface area contributed by atoms with Gasteiger partial charge in [-0.05, 0) is 0 Å². The molecule has 0 fully saturated rings. The Hall–Kier alpha value is 0.252. The average Bonchev–Trinajstić information content (AvgIpc) is 1.39. The van der Waals surface area contributed by atoms with Gasteiger partial charge in [-0.3, -0.25) is 0 Å². The van der Waals surface area contributed by atoms with Gasteiger partial charge in [-0.2, -0.15) is 0 Å². The van der Waals surface area contributed by atoms with E-state index in [1.807, 2.05) is 0 Å². The molecule has 0 aromatic carbocycles. The van der Waals surface area contributed by atoms with E-state index in [1.165, 1.54) is 0 Å². The Morgan fingerprint density at radius 2 is 1.00 bits per heavy atom. The summed E-state index contributed by atoms with van der Waals surface area (Å²) < 4.78 is 16.5. The third-order valence-corrected chi connectivity index (χ3v) is 0. The summed E-state index contributed by atoms with van der Waals surface area (Å²) >= 11 is 0. The van der Waals surface area contributed by atoms with Crippen LogP contribution in [0.3, 0.4) is 0 Å². The summed E-state index contributed by atoms with van der Waals surface area (Å²) in [5.41, 5.74) is 0. The van der Waals surface area contributed by atoms with Gasteiger partial charge in [-0.15, -0.1) is 0 Å². The molecule has 0 spiro atoms. The van der Waals surface area contributed by atoms with Crippen LogP contribution in [0.25, 0.3) is 0 Å². The van der Waals surface area contributed by atoms with E-state index >= 15 is 0 Å². The van der Waals surface area contributed by atoms with Crippen LogP contribution in [-0.4, -0.2) is 14.7 Å². The summed E-state index contributed by atoms with van der Waals surface area (Å²) in [5, 5.41) is 16.5. The van der Waals surface area contributed by atoms with E-state index in [-0.39, 0.29) is 27.3 Å². The van der Waals surface area contributed by atoms with Gasteiger partial charge in [0, 0.05) is 0 Å². The predicted molar refractivity (Wildman–Crippen MR) is 12.9 cm³/mol. The van der Waals surface area contributed by atoms with Crippen LogP contribution in [0.5, 0.6) is 0 Å². The van der Waals surface area contributed by atoms with E-state index < -0.39 is 14.7 Å². The quantitative estimate of drug-likeness (QED) is 0.380. The van der Waals surface area contributed by atoms with E-state index in [2.05, 4.69) is 0 Å². The second-order valence-corrected chi connectivity index (χ2v) is 0.192. The Morgan fingerprint density at radius 1 is 1.00 bits per heavy atom. The monoisotopic (exact) mass is 200 g/mol. The summed E-state index contributed by atoms with van der Waals surface area (Å²) in [6.07, 6.45) is 0. The minimum absolute atomic E-state index is 0. The van der Waals surface area contributed by atoms with Crippen molar-refractivity contribution in [2.45, 2.75) is 0 Å². The fourth-order valence-electron chi connectivity index (χ4n) is 0. The first-order valence-electron chi connectivity index (χ1n) is 0.943. The second-order valence-electron chi connectivity index (χ2n) is 0.192. The summed E-state index contributed by atoms with van der Waals surface area (Å²) in [7, 11) is -1.00. The minimum Gasteiger partial charge on any atom is 2.00 e. The van der Waals surface area contributed by atoms with E-state index in [1.54, 1.807) is 0 Å². The average molecular weight is 198 g/mol. The molecule has 0 radical (unpaired) electrons. The molecule has 0 aliphatic heterocycles. The van der Waals surface area contributed by atoms with Crippen molar-refractivity contribution >= 4 is 14.7 Å². The van der Waals surface area contributed by atoms with Gasteiger partial charge in [0.25, 0.3) is 0 Å². The van der Waals surface area contributed by atoms with Gasteiger partial charge in [0.1, 0.15) is 0 Å². The van der Waals surface area contributed by atoms with Crippen molar-refractivity contribution in [1.82, 2.24) is 0 Å². The van der Waals surface area contributed by atoms with Gasteiger partial charge in [0.05, 0.1) is 0 Å². The first kappa shape index (κ1) is 15.7. The molecule has 0 rings (SSSR count). The van der Waals surface area contributed by atoms with E-state index in [9.17, 15) is 0 Å². The SMILES string of the molecule is O=B[O-].O=B[O-].[Cd+2]. The first-order chi connectivity index (χ1) is 2.83. The first-order valence-corrected chi connectivity index (χ1v) is 0.943. The fourth-order valence-corrected chi connectivity index (χ4v) is 0. The summed E-state index contributed by atoms with van der Waals surface area (Å²) in [4.78, 5) is 0. The molecule has 0 saturated carbocycles. The zero-order valence-corrected chi connectivity index (χ0v) is 7.53. The van der Waals surface area contributed by atoms with Gasteiger partial charge in [-0.25, -0.2) is 0 Å². The molecular formula is B2CdO4. The smallest absolute Gasteiger partial charge is 2.00 e. The molecule has 7 heavy (non-hydrogen) atoms. The third kappa shape index (κ3) is 1780.